The predicted molar refractivity (Wildman–Crippen MR) is 94.6 cm³/mol. The number of rotatable bonds is 4. The highest BCUT2D eigenvalue weighted by molar-refractivity contribution is 5.95. The maximum Gasteiger partial charge on any atom is 0.332 e. The Balaban J connectivity index is 2.11. The fraction of sp³-hybridized carbons (Fsp3) is 0.529. The Bertz CT molecular complexity index is 986. The van der Waals surface area contributed by atoms with Gasteiger partial charge < -0.3 is 11.1 Å². The van der Waals surface area contributed by atoms with Crippen LogP contribution >= 0.6 is 0 Å². The molecule has 1 aliphatic carbocycles. The van der Waals surface area contributed by atoms with Gasteiger partial charge in [-0.25, -0.2) is 9.78 Å². The average Bonchev–Trinajstić information content (AvgIpc) is 3.42. The van der Waals surface area contributed by atoms with Gasteiger partial charge in [-0.15, -0.1) is 0 Å². The molecule has 2 heterocycles. The Morgan fingerprint density at radius 1 is 1.36 bits per heavy atom. The van der Waals surface area contributed by atoms with Crippen LogP contribution in [0.3, 0.4) is 0 Å². The molecular weight excluding hydrogens is 322 g/mol. The van der Waals surface area contributed by atoms with E-state index >= 15 is 0 Å². The topological polar surface area (TPSA) is 112 Å². The lowest BCUT2D eigenvalue weighted by Crippen LogP contribution is -2.53. The zero-order chi connectivity index (χ0) is 18.5. The summed E-state index contributed by atoms with van der Waals surface area (Å²) in [5.74, 6) is 0.0256. The van der Waals surface area contributed by atoms with E-state index in [1.807, 2.05) is 6.92 Å². The lowest BCUT2D eigenvalue weighted by Gasteiger charge is -2.29. The molecule has 2 aromatic heterocycles. The van der Waals surface area contributed by atoms with Gasteiger partial charge >= 0.3 is 5.69 Å². The lowest BCUT2D eigenvalue weighted by atomic mass is 9.95. The number of pyridine rings is 1. The number of hydrogen-bond acceptors (Lipinski definition) is 5. The summed E-state index contributed by atoms with van der Waals surface area (Å²) in [6.07, 6.45) is 2.09. The predicted octanol–water partition coefficient (Wildman–Crippen LogP) is -0.202. The number of aromatic nitrogens is 3. The third-order valence-electron chi connectivity index (χ3n) is 5.14. The van der Waals surface area contributed by atoms with Crippen LogP contribution in [0.15, 0.2) is 15.7 Å². The number of aryl methyl sites for hydroxylation is 2. The summed E-state index contributed by atoms with van der Waals surface area (Å²) in [4.78, 5) is 41.5. The monoisotopic (exact) mass is 345 g/mol. The van der Waals surface area contributed by atoms with Gasteiger partial charge in [-0.05, 0) is 44.2 Å². The first-order chi connectivity index (χ1) is 11.7. The zero-order valence-corrected chi connectivity index (χ0v) is 14.9. The van der Waals surface area contributed by atoms with Gasteiger partial charge in [0.15, 0.2) is 0 Å². The van der Waals surface area contributed by atoms with Crippen molar-refractivity contribution in [2.45, 2.75) is 32.2 Å². The van der Waals surface area contributed by atoms with Gasteiger partial charge in [-0.3, -0.25) is 18.7 Å². The smallest absolute Gasteiger partial charge is 0.332 e. The molecule has 2 aromatic rings. The van der Waals surface area contributed by atoms with Crippen molar-refractivity contribution in [1.29, 1.82) is 0 Å². The Kier molecular flexibility index (Phi) is 4.03. The molecule has 0 radical (unpaired) electrons. The lowest BCUT2D eigenvalue weighted by molar-refractivity contribution is 0.0893. The number of nitrogens with zero attached hydrogens (tertiary/aromatic N) is 3. The molecule has 8 heteroatoms. The number of nitrogens with one attached hydrogen (secondary N) is 1. The van der Waals surface area contributed by atoms with E-state index in [4.69, 9.17) is 5.73 Å². The highest BCUT2D eigenvalue weighted by Gasteiger charge is 2.41. The number of nitrogens with two attached hydrogens (primary N) is 1. The third-order valence-corrected chi connectivity index (χ3v) is 5.14. The molecule has 0 aromatic carbocycles. The quantitative estimate of drug-likeness (QED) is 0.797. The SMILES string of the molecule is Cc1cc(C(=O)NC(C)(CN)C2CC2)nc2c1c(=O)n(C)c(=O)n2C. The van der Waals surface area contributed by atoms with E-state index in [1.165, 1.54) is 18.7 Å². The number of carbonyl (C=O) groups is 1. The second kappa shape index (κ2) is 5.80. The molecule has 0 saturated heterocycles. The van der Waals surface area contributed by atoms with Crippen LogP contribution in [-0.4, -0.2) is 32.1 Å². The number of fused-ring (bicyclic) bond motifs is 1. The normalized spacial score (nSPS) is 16.7. The van der Waals surface area contributed by atoms with Crippen molar-refractivity contribution < 1.29 is 4.79 Å². The van der Waals surface area contributed by atoms with Crippen molar-refractivity contribution in [3.63, 3.8) is 0 Å². The molecule has 0 bridgehead atoms. The fourth-order valence-electron chi connectivity index (χ4n) is 3.21. The van der Waals surface area contributed by atoms with E-state index in [9.17, 15) is 14.4 Å². The van der Waals surface area contributed by atoms with Crippen LogP contribution in [-0.2, 0) is 14.1 Å². The second-order valence-electron chi connectivity index (χ2n) is 7.08. The van der Waals surface area contributed by atoms with Crippen molar-refractivity contribution >= 4 is 16.9 Å². The van der Waals surface area contributed by atoms with Crippen LogP contribution < -0.4 is 22.3 Å². The maximum atomic E-state index is 12.7. The summed E-state index contributed by atoms with van der Waals surface area (Å²) < 4.78 is 2.32. The Morgan fingerprint density at radius 2 is 2.00 bits per heavy atom. The van der Waals surface area contributed by atoms with Crippen LogP contribution in [0.1, 0.15) is 35.8 Å². The van der Waals surface area contributed by atoms with Crippen molar-refractivity contribution in [2.24, 2.45) is 25.7 Å². The van der Waals surface area contributed by atoms with Gasteiger partial charge in [-0.1, -0.05) is 0 Å². The summed E-state index contributed by atoms with van der Waals surface area (Å²) in [6.45, 7) is 4.01. The summed E-state index contributed by atoms with van der Waals surface area (Å²) in [7, 11) is 2.96. The van der Waals surface area contributed by atoms with Crippen LogP contribution in [0.4, 0.5) is 0 Å². The van der Waals surface area contributed by atoms with E-state index in [-0.39, 0.29) is 17.2 Å². The van der Waals surface area contributed by atoms with Gasteiger partial charge in [0, 0.05) is 20.6 Å². The Morgan fingerprint density at radius 3 is 2.56 bits per heavy atom. The first-order valence-corrected chi connectivity index (χ1v) is 8.29. The summed E-state index contributed by atoms with van der Waals surface area (Å²) in [6, 6.07) is 1.58. The highest BCUT2D eigenvalue weighted by atomic mass is 16.2. The first-order valence-electron chi connectivity index (χ1n) is 8.29. The van der Waals surface area contributed by atoms with Gasteiger partial charge in [0.2, 0.25) is 0 Å². The molecule has 1 unspecified atom stereocenters. The molecular formula is C17H23N5O3. The van der Waals surface area contributed by atoms with Gasteiger partial charge in [0.25, 0.3) is 11.5 Å². The summed E-state index contributed by atoms with van der Waals surface area (Å²) >= 11 is 0. The van der Waals surface area contributed by atoms with E-state index in [2.05, 4.69) is 10.3 Å². The van der Waals surface area contributed by atoms with Crippen molar-refractivity contribution in [2.75, 3.05) is 6.54 Å². The minimum atomic E-state index is -0.480. The Labute approximate surface area is 144 Å². The number of carbonyl (C=O) groups excluding carboxylic acids is 1. The van der Waals surface area contributed by atoms with Gasteiger partial charge in [0.1, 0.15) is 11.3 Å². The molecule has 1 amide bonds. The number of hydrogen-bond donors (Lipinski definition) is 2. The van der Waals surface area contributed by atoms with E-state index in [0.717, 1.165) is 17.4 Å². The fourth-order valence-corrected chi connectivity index (χ4v) is 3.21. The molecule has 134 valence electrons. The molecule has 3 N–H and O–H groups in total. The van der Waals surface area contributed by atoms with Crippen LogP contribution in [0.25, 0.3) is 11.0 Å². The molecule has 1 aliphatic rings. The minimum absolute atomic E-state index is 0.175. The molecule has 1 saturated carbocycles. The molecule has 25 heavy (non-hydrogen) atoms. The standard InChI is InChI=1S/C17H23N5O3/c1-9-7-11(14(23)20-17(2,8-18)10-5-6-10)19-13-12(9)15(24)22(4)16(25)21(13)3/h7,10H,5-6,8,18H2,1-4H3,(H,20,23). The third kappa shape index (κ3) is 2.76. The molecule has 1 fully saturated rings. The van der Waals surface area contributed by atoms with Crippen molar-refractivity contribution in [3.8, 4) is 0 Å². The van der Waals surface area contributed by atoms with Crippen LogP contribution in [0.5, 0.6) is 0 Å². The van der Waals surface area contributed by atoms with Crippen molar-refractivity contribution in [3.05, 3.63) is 38.2 Å². The average molecular weight is 345 g/mol. The largest absolute Gasteiger partial charge is 0.344 e. The molecule has 0 aliphatic heterocycles. The molecule has 1 atom stereocenters. The van der Waals surface area contributed by atoms with E-state index < -0.39 is 16.8 Å². The highest BCUT2D eigenvalue weighted by Crippen LogP contribution is 2.39. The maximum absolute atomic E-state index is 12.7. The van der Waals surface area contributed by atoms with Gasteiger partial charge in [0.05, 0.1) is 10.9 Å². The molecule has 8 nitrogen and oxygen atoms in total. The van der Waals surface area contributed by atoms with Crippen molar-refractivity contribution in [1.82, 2.24) is 19.4 Å². The second-order valence-corrected chi connectivity index (χ2v) is 7.08. The summed E-state index contributed by atoms with van der Waals surface area (Å²) in [5, 5.41) is 3.31. The van der Waals surface area contributed by atoms with E-state index in [0.29, 0.717) is 23.4 Å². The zero-order valence-electron chi connectivity index (χ0n) is 14.9. The molecule has 3 rings (SSSR count). The first kappa shape index (κ1) is 17.3. The minimum Gasteiger partial charge on any atom is -0.344 e. The van der Waals surface area contributed by atoms with Crippen LogP contribution in [0.2, 0.25) is 0 Å². The van der Waals surface area contributed by atoms with Gasteiger partial charge in [-0.2, -0.15) is 0 Å². The Hall–Kier alpha value is -2.48. The molecule has 0 spiro atoms. The summed E-state index contributed by atoms with van der Waals surface area (Å²) in [5.41, 5.74) is 5.47. The number of amides is 1. The van der Waals surface area contributed by atoms with E-state index in [1.54, 1.807) is 13.0 Å². The van der Waals surface area contributed by atoms with Crippen LogP contribution in [0, 0.1) is 12.8 Å².